The summed E-state index contributed by atoms with van der Waals surface area (Å²) in [5.74, 6) is 2.08. The lowest BCUT2D eigenvalue weighted by Crippen LogP contribution is -2.52. The van der Waals surface area contributed by atoms with Gasteiger partial charge < -0.3 is 24.8 Å². The minimum absolute atomic E-state index is 0.316. The third-order valence-electron chi connectivity index (χ3n) is 8.93. The molecule has 4 aliphatic rings. The van der Waals surface area contributed by atoms with Gasteiger partial charge in [0.05, 0.1) is 5.69 Å². The van der Waals surface area contributed by atoms with Crippen LogP contribution in [0.1, 0.15) is 53.5 Å². The standard InChI is InChI=1S/C29H38N8O/c1-35-13-4-6-22(35)19-38-29-33-25-18-37(26-9-8-20-5-2-3-7-23(20)26)17-24(25)28(34-29)36-14-12-30-21(16-36)15-27-31-10-11-32-27/h2-3,5,7,10-11,21-22,26,30H,4,6,8-9,12-19H2,1H3,(H,31,32)/t21-,22-,26?/m0/s1. The molecule has 38 heavy (non-hydrogen) atoms. The van der Waals surface area contributed by atoms with E-state index in [0.29, 0.717) is 30.7 Å². The average molecular weight is 515 g/mol. The van der Waals surface area contributed by atoms with E-state index in [1.165, 1.54) is 36.0 Å². The number of hydrogen-bond acceptors (Lipinski definition) is 8. The molecule has 1 aliphatic carbocycles. The molecule has 9 nitrogen and oxygen atoms in total. The van der Waals surface area contributed by atoms with Crippen molar-refractivity contribution in [2.75, 3.05) is 44.7 Å². The van der Waals surface area contributed by atoms with E-state index in [-0.39, 0.29) is 0 Å². The first-order valence-corrected chi connectivity index (χ1v) is 14.2. The van der Waals surface area contributed by atoms with E-state index in [0.717, 1.165) is 69.4 Å². The van der Waals surface area contributed by atoms with E-state index in [9.17, 15) is 0 Å². The summed E-state index contributed by atoms with van der Waals surface area (Å²) in [5, 5.41) is 3.68. The Morgan fingerprint density at radius 1 is 1.11 bits per heavy atom. The van der Waals surface area contributed by atoms with Gasteiger partial charge in [0.2, 0.25) is 0 Å². The zero-order valence-corrected chi connectivity index (χ0v) is 22.3. The fourth-order valence-corrected chi connectivity index (χ4v) is 6.86. The zero-order valence-electron chi connectivity index (χ0n) is 22.3. The molecule has 2 aromatic heterocycles. The molecule has 3 aliphatic heterocycles. The summed E-state index contributed by atoms with van der Waals surface area (Å²) in [6, 6.07) is 10.7. The van der Waals surface area contributed by atoms with Crippen molar-refractivity contribution < 1.29 is 4.74 Å². The number of aryl methyl sites for hydroxylation is 1. The van der Waals surface area contributed by atoms with Gasteiger partial charge in [-0.2, -0.15) is 9.97 Å². The second-order valence-corrected chi connectivity index (χ2v) is 11.3. The summed E-state index contributed by atoms with van der Waals surface area (Å²) in [4.78, 5) is 25.2. The quantitative estimate of drug-likeness (QED) is 0.498. The number of likely N-dealkylation sites (N-methyl/N-ethyl adjacent to an activating group) is 1. The maximum absolute atomic E-state index is 6.31. The first kappa shape index (κ1) is 24.1. The number of hydrogen-bond donors (Lipinski definition) is 2. The normalized spacial score (nSPS) is 25.6. The molecule has 7 rings (SSSR count). The number of piperazine rings is 1. The van der Waals surface area contributed by atoms with Gasteiger partial charge in [0.1, 0.15) is 18.2 Å². The van der Waals surface area contributed by atoms with E-state index in [1.54, 1.807) is 0 Å². The van der Waals surface area contributed by atoms with Crippen LogP contribution in [0.3, 0.4) is 0 Å². The van der Waals surface area contributed by atoms with Crippen LogP contribution in [0, 0.1) is 0 Å². The summed E-state index contributed by atoms with van der Waals surface area (Å²) in [6.07, 6.45) is 9.34. The van der Waals surface area contributed by atoms with Crippen LogP contribution in [0.4, 0.5) is 5.82 Å². The number of aromatic nitrogens is 4. The Labute approximate surface area is 224 Å². The highest BCUT2D eigenvalue weighted by Crippen LogP contribution is 2.42. The number of likely N-dealkylation sites (tertiary alicyclic amines) is 1. The van der Waals surface area contributed by atoms with Crippen molar-refractivity contribution in [1.29, 1.82) is 0 Å². The maximum Gasteiger partial charge on any atom is 0.318 e. The molecule has 3 aromatic rings. The molecule has 2 saturated heterocycles. The Morgan fingerprint density at radius 2 is 2.05 bits per heavy atom. The number of imidazole rings is 1. The van der Waals surface area contributed by atoms with E-state index in [4.69, 9.17) is 14.7 Å². The van der Waals surface area contributed by atoms with Crippen molar-refractivity contribution in [2.24, 2.45) is 0 Å². The fraction of sp³-hybridized carbons (Fsp3) is 0.552. The number of ether oxygens (including phenoxy) is 1. The van der Waals surface area contributed by atoms with Gasteiger partial charge in [-0.25, -0.2) is 4.98 Å². The first-order valence-electron chi connectivity index (χ1n) is 14.2. The van der Waals surface area contributed by atoms with Crippen molar-refractivity contribution in [2.45, 2.75) is 63.3 Å². The van der Waals surface area contributed by atoms with Gasteiger partial charge in [-0.05, 0) is 50.4 Å². The predicted octanol–water partition coefficient (Wildman–Crippen LogP) is 2.70. The third kappa shape index (κ3) is 4.67. The molecule has 2 N–H and O–H groups in total. The van der Waals surface area contributed by atoms with Gasteiger partial charge in [0.25, 0.3) is 0 Å². The second-order valence-electron chi connectivity index (χ2n) is 11.3. The average Bonchev–Trinajstić information content (AvgIpc) is 3.74. The molecule has 5 heterocycles. The lowest BCUT2D eigenvalue weighted by Gasteiger charge is -2.35. The van der Waals surface area contributed by atoms with Crippen molar-refractivity contribution in [3.8, 4) is 6.01 Å². The number of fused-ring (bicyclic) bond motifs is 2. The number of nitrogens with one attached hydrogen (secondary N) is 2. The Hall–Kier alpha value is -3.01. The lowest BCUT2D eigenvalue weighted by molar-refractivity contribution is 0.186. The van der Waals surface area contributed by atoms with E-state index >= 15 is 0 Å². The van der Waals surface area contributed by atoms with Gasteiger partial charge in [-0.3, -0.25) is 4.90 Å². The molecule has 0 amide bonds. The highest BCUT2D eigenvalue weighted by atomic mass is 16.5. The van der Waals surface area contributed by atoms with Gasteiger partial charge in [-0.15, -0.1) is 0 Å². The predicted molar refractivity (Wildman–Crippen MR) is 146 cm³/mol. The number of aromatic amines is 1. The van der Waals surface area contributed by atoms with Crippen LogP contribution in [-0.4, -0.2) is 81.7 Å². The van der Waals surface area contributed by atoms with E-state index in [2.05, 4.69) is 61.3 Å². The molecule has 0 bridgehead atoms. The van der Waals surface area contributed by atoms with Crippen LogP contribution in [0.5, 0.6) is 6.01 Å². The van der Waals surface area contributed by atoms with Crippen molar-refractivity contribution in [3.63, 3.8) is 0 Å². The van der Waals surface area contributed by atoms with Crippen LogP contribution in [0.15, 0.2) is 36.7 Å². The second kappa shape index (κ2) is 10.3. The summed E-state index contributed by atoms with van der Waals surface area (Å²) in [6.45, 7) is 6.27. The minimum atomic E-state index is 0.316. The molecular weight excluding hydrogens is 476 g/mol. The van der Waals surface area contributed by atoms with Crippen molar-refractivity contribution in [1.82, 2.24) is 35.1 Å². The van der Waals surface area contributed by atoms with Crippen LogP contribution < -0.4 is 15.0 Å². The molecule has 200 valence electrons. The number of nitrogens with zero attached hydrogens (tertiary/aromatic N) is 6. The fourth-order valence-electron chi connectivity index (χ4n) is 6.86. The summed E-state index contributed by atoms with van der Waals surface area (Å²) in [5.41, 5.74) is 5.39. The first-order chi connectivity index (χ1) is 18.7. The molecule has 0 saturated carbocycles. The summed E-state index contributed by atoms with van der Waals surface area (Å²) >= 11 is 0. The molecule has 2 fully saturated rings. The zero-order chi connectivity index (χ0) is 25.5. The van der Waals surface area contributed by atoms with Gasteiger partial charge in [0.15, 0.2) is 0 Å². The summed E-state index contributed by atoms with van der Waals surface area (Å²) < 4.78 is 6.31. The third-order valence-corrected chi connectivity index (χ3v) is 8.93. The largest absolute Gasteiger partial charge is 0.462 e. The van der Waals surface area contributed by atoms with Gasteiger partial charge in [-0.1, -0.05) is 24.3 Å². The molecule has 0 spiro atoms. The molecule has 9 heteroatoms. The smallest absolute Gasteiger partial charge is 0.318 e. The van der Waals surface area contributed by atoms with Gasteiger partial charge >= 0.3 is 6.01 Å². The Bertz CT molecular complexity index is 1260. The molecule has 0 radical (unpaired) electrons. The molecule has 3 atom stereocenters. The van der Waals surface area contributed by atoms with Crippen LogP contribution in [0.2, 0.25) is 0 Å². The van der Waals surface area contributed by atoms with Crippen LogP contribution in [0.25, 0.3) is 0 Å². The van der Waals surface area contributed by atoms with Crippen molar-refractivity contribution >= 4 is 5.82 Å². The topological polar surface area (TPSA) is 85.4 Å². The van der Waals surface area contributed by atoms with Crippen LogP contribution in [-0.2, 0) is 25.9 Å². The number of benzene rings is 1. The monoisotopic (exact) mass is 514 g/mol. The van der Waals surface area contributed by atoms with Crippen molar-refractivity contribution in [3.05, 3.63) is 64.9 Å². The van der Waals surface area contributed by atoms with Crippen LogP contribution >= 0.6 is 0 Å². The Balaban J connectivity index is 1.15. The number of H-pyrrole nitrogens is 1. The highest BCUT2D eigenvalue weighted by molar-refractivity contribution is 5.52. The number of anilines is 1. The van der Waals surface area contributed by atoms with E-state index in [1.807, 2.05) is 12.4 Å². The molecule has 1 aromatic carbocycles. The SMILES string of the molecule is CN1CCC[C@H]1COc1nc2c(c(N3CCN[C@@H](Cc4ncc[nH]4)C3)n1)CN(C1CCc3ccccc31)C2. The minimum Gasteiger partial charge on any atom is -0.462 e. The highest BCUT2D eigenvalue weighted by Gasteiger charge is 2.36. The number of rotatable bonds is 7. The van der Waals surface area contributed by atoms with Gasteiger partial charge in [0, 0.05) is 75.2 Å². The molecule has 1 unspecified atom stereocenters. The Kier molecular flexibility index (Phi) is 6.51. The van der Waals surface area contributed by atoms with E-state index < -0.39 is 0 Å². The Morgan fingerprint density at radius 3 is 2.92 bits per heavy atom. The lowest BCUT2D eigenvalue weighted by atomic mass is 10.1. The maximum atomic E-state index is 6.31. The summed E-state index contributed by atoms with van der Waals surface area (Å²) in [7, 11) is 2.19. The molecular formula is C29H38N8O.